The first-order chi connectivity index (χ1) is 6.36. The predicted octanol–water partition coefficient (Wildman–Crippen LogP) is 1.16. The molecule has 1 aromatic heterocycles. The molecule has 1 aromatic carbocycles. The Labute approximate surface area is 75.5 Å². The number of para-hydroxylation sites is 1. The van der Waals surface area contributed by atoms with Crippen molar-refractivity contribution in [3.05, 3.63) is 36.0 Å². The Morgan fingerprint density at radius 1 is 1.38 bits per heavy atom. The van der Waals surface area contributed by atoms with Gasteiger partial charge in [-0.05, 0) is 6.07 Å². The molecule has 2 rings (SSSR count). The number of aromatic nitrogens is 1. The summed E-state index contributed by atoms with van der Waals surface area (Å²) in [5.41, 5.74) is 1.40. The molecule has 13 heavy (non-hydrogen) atoms. The minimum Gasteiger partial charge on any atom is -0.417 e. The Hall–Kier alpha value is -1.77. The van der Waals surface area contributed by atoms with E-state index in [1.165, 1.54) is 0 Å². The third-order valence-electron chi connectivity index (χ3n) is 1.98. The molecule has 1 radical (unpaired) electrons. The molecule has 0 fully saturated rings. The summed E-state index contributed by atoms with van der Waals surface area (Å²) < 4.78 is 1.55. The Morgan fingerprint density at radius 3 is 2.85 bits per heavy atom. The lowest BCUT2D eigenvalue weighted by Gasteiger charge is -1.99. The number of hydrogen-bond acceptors (Lipinski definition) is 2. The van der Waals surface area contributed by atoms with Crippen LogP contribution >= 0.6 is 0 Å². The zero-order valence-corrected chi connectivity index (χ0v) is 7.15. The van der Waals surface area contributed by atoms with Crippen molar-refractivity contribution in [1.29, 1.82) is 0 Å². The van der Waals surface area contributed by atoms with Gasteiger partial charge in [0.05, 0.1) is 17.3 Å². The van der Waals surface area contributed by atoms with Gasteiger partial charge in [0, 0.05) is 5.39 Å². The predicted molar refractivity (Wildman–Crippen MR) is 49.2 cm³/mol. The van der Waals surface area contributed by atoms with Crippen LogP contribution in [-0.4, -0.2) is 18.1 Å². The lowest BCUT2D eigenvalue weighted by molar-refractivity contribution is 0.179. The average molecular weight is 174 g/mol. The Bertz CT molecular complexity index is 445. The first-order valence-electron chi connectivity index (χ1n) is 3.89. The first-order valence-corrected chi connectivity index (χ1v) is 3.89. The molecule has 2 aromatic rings. The molecular weight excluding hydrogens is 166 g/mol. The number of rotatable bonds is 2. The lowest BCUT2D eigenvalue weighted by Crippen LogP contribution is -2.02. The molecule has 0 N–H and O–H groups in total. The van der Waals surface area contributed by atoms with Crippen LogP contribution in [0.15, 0.2) is 30.5 Å². The van der Waals surface area contributed by atoms with E-state index in [2.05, 4.69) is 0 Å². The summed E-state index contributed by atoms with van der Waals surface area (Å²) in [4.78, 5) is 15.6. The van der Waals surface area contributed by atoms with Crippen molar-refractivity contribution >= 4 is 17.2 Å². The molecule has 0 saturated heterocycles. The number of hydrogen-bond donors (Lipinski definition) is 0. The molecule has 0 aliphatic carbocycles. The van der Waals surface area contributed by atoms with Gasteiger partial charge in [-0.15, -0.1) is 0 Å². The number of carbonyl (C=O) groups excluding carboxylic acids is 1. The number of benzene rings is 1. The van der Waals surface area contributed by atoms with Crippen molar-refractivity contribution in [2.24, 2.45) is 0 Å². The van der Waals surface area contributed by atoms with E-state index >= 15 is 0 Å². The lowest BCUT2D eigenvalue weighted by atomic mass is 10.2. The minimum atomic E-state index is 0.525. The van der Waals surface area contributed by atoms with Gasteiger partial charge in [0.15, 0.2) is 0 Å². The summed E-state index contributed by atoms with van der Waals surface area (Å²) in [6.07, 6.45) is 3.50. The average Bonchev–Trinajstić information content (AvgIpc) is 2.56. The fraction of sp³-hybridized carbons (Fsp3) is 0.100. The number of fused-ring (bicyclic) bond motifs is 1. The van der Waals surface area contributed by atoms with Crippen LogP contribution in [0.2, 0.25) is 0 Å². The van der Waals surface area contributed by atoms with E-state index in [4.69, 9.17) is 4.84 Å². The van der Waals surface area contributed by atoms with Gasteiger partial charge in [-0.1, -0.05) is 18.2 Å². The molecule has 0 aliphatic rings. The van der Waals surface area contributed by atoms with Crippen LogP contribution in [0.3, 0.4) is 0 Å². The van der Waals surface area contributed by atoms with Crippen LogP contribution in [0.25, 0.3) is 10.9 Å². The molecule has 0 saturated carbocycles. The van der Waals surface area contributed by atoms with E-state index in [1.807, 2.05) is 30.6 Å². The van der Waals surface area contributed by atoms with Gasteiger partial charge < -0.3 is 4.84 Å². The SMILES string of the molecule is COn1cc([C]=O)c2ccccc21. The first kappa shape index (κ1) is 7.86. The zero-order valence-electron chi connectivity index (χ0n) is 7.15. The highest BCUT2D eigenvalue weighted by molar-refractivity contribution is 5.97. The molecule has 0 spiro atoms. The normalized spacial score (nSPS) is 10.2. The molecule has 1 heterocycles. The molecule has 0 amide bonds. The second kappa shape index (κ2) is 2.94. The summed E-state index contributed by atoms with van der Waals surface area (Å²) in [6.45, 7) is 0. The van der Waals surface area contributed by atoms with Crippen LogP contribution in [0.4, 0.5) is 0 Å². The maximum absolute atomic E-state index is 10.6. The van der Waals surface area contributed by atoms with E-state index in [-0.39, 0.29) is 0 Å². The highest BCUT2D eigenvalue weighted by Gasteiger charge is 2.06. The van der Waals surface area contributed by atoms with Gasteiger partial charge >= 0.3 is 0 Å². The van der Waals surface area contributed by atoms with Crippen LogP contribution < -0.4 is 4.84 Å². The van der Waals surface area contributed by atoms with E-state index < -0.39 is 0 Å². The van der Waals surface area contributed by atoms with Gasteiger partial charge in [-0.3, -0.25) is 4.79 Å². The molecule has 0 aliphatic heterocycles. The highest BCUT2D eigenvalue weighted by atomic mass is 16.6. The van der Waals surface area contributed by atoms with Gasteiger partial charge in [-0.25, -0.2) is 0 Å². The van der Waals surface area contributed by atoms with Gasteiger partial charge in [0.2, 0.25) is 6.29 Å². The van der Waals surface area contributed by atoms with Crippen molar-refractivity contribution in [2.75, 3.05) is 7.11 Å². The van der Waals surface area contributed by atoms with Crippen molar-refractivity contribution in [1.82, 2.24) is 4.73 Å². The van der Waals surface area contributed by atoms with Crippen molar-refractivity contribution in [2.45, 2.75) is 0 Å². The molecular formula is C10H8NO2. The molecule has 0 unspecified atom stereocenters. The number of nitrogens with zero attached hydrogens (tertiary/aromatic N) is 1. The van der Waals surface area contributed by atoms with Crippen LogP contribution in [0.5, 0.6) is 0 Å². The van der Waals surface area contributed by atoms with Gasteiger partial charge in [-0.2, -0.15) is 4.73 Å². The molecule has 0 bridgehead atoms. The van der Waals surface area contributed by atoms with E-state index in [1.54, 1.807) is 18.0 Å². The Morgan fingerprint density at radius 2 is 2.15 bits per heavy atom. The monoisotopic (exact) mass is 174 g/mol. The minimum absolute atomic E-state index is 0.525. The smallest absolute Gasteiger partial charge is 0.235 e. The molecule has 65 valence electrons. The van der Waals surface area contributed by atoms with Gasteiger partial charge in [0.25, 0.3) is 0 Å². The van der Waals surface area contributed by atoms with Gasteiger partial charge in [0.1, 0.15) is 7.11 Å². The Kier molecular flexibility index (Phi) is 1.77. The summed E-state index contributed by atoms with van der Waals surface area (Å²) in [6, 6.07) is 7.53. The van der Waals surface area contributed by atoms with E-state index in [9.17, 15) is 4.79 Å². The third kappa shape index (κ3) is 1.09. The highest BCUT2D eigenvalue weighted by Crippen LogP contribution is 2.18. The topological polar surface area (TPSA) is 31.2 Å². The van der Waals surface area contributed by atoms with E-state index in [0.717, 1.165) is 10.9 Å². The second-order valence-electron chi connectivity index (χ2n) is 2.67. The fourth-order valence-corrected chi connectivity index (χ4v) is 1.38. The Balaban J connectivity index is 2.81. The maximum Gasteiger partial charge on any atom is 0.235 e. The van der Waals surface area contributed by atoms with Crippen molar-refractivity contribution in [3.8, 4) is 0 Å². The summed E-state index contributed by atoms with van der Waals surface area (Å²) in [5.74, 6) is 0. The second-order valence-corrected chi connectivity index (χ2v) is 2.67. The van der Waals surface area contributed by atoms with Crippen molar-refractivity contribution in [3.63, 3.8) is 0 Å². The van der Waals surface area contributed by atoms with E-state index in [0.29, 0.717) is 5.56 Å². The van der Waals surface area contributed by atoms with Crippen LogP contribution in [-0.2, 0) is 4.79 Å². The molecule has 0 atom stereocenters. The summed E-state index contributed by atoms with van der Waals surface area (Å²) in [7, 11) is 1.56. The zero-order chi connectivity index (χ0) is 9.26. The largest absolute Gasteiger partial charge is 0.417 e. The molecule has 3 nitrogen and oxygen atoms in total. The summed E-state index contributed by atoms with van der Waals surface area (Å²) in [5, 5.41) is 0.861. The molecule has 3 heteroatoms. The standard InChI is InChI=1S/C10H8NO2/c1-13-11-6-8(7-12)9-4-2-3-5-10(9)11/h2-6H,1H3. The van der Waals surface area contributed by atoms with Crippen molar-refractivity contribution < 1.29 is 9.63 Å². The fourth-order valence-electron chi connectivity index (χ4n) is 1.38. The van der Waals surface area contributed by atoms with Crippen LogP contribution in [0, 0.1) is 0 Å². The van der Waals surface area contributed by atoms with Crippen LogP contribution in [0.1, 0.15) is 5.56 Å². The summed E-state index contributed by atoms with van der Waals surface area (Å²) >= 11 is 0. The quantitative estimate of drug-likeness (QED) is 0.684. The maximum atomic E-state index is 10.6. The third-order valence-corrected chi connectivity index (χ3v) is 1.98.